The minimum atomic E-state index is -0.456. The zero-order valence-electron chi connectivity index (χ0n) is 14.7. The van der Waals surface area contributed by atoms with Crippen LogP contribution in [-0.2, 0) is 19.1 Å². The molecule has 2 saturated heterocycles. The highest BCUT2D eigenvalue weighted by molar-refractivity contribution is 5.82. The Morgan fingerprint density at radius 2 is 1.83 bits per heavy atom. The van der Waals surface area contributed by atoms with Gasteiger partial charge in [0.1, 0.15) is 5.60 Å². The van der Waals surface area contributed by atoms with Crippen molar-refractivity contribution in [1.82, 2.24) is 9.80 Å². The molecule has 0 aromatic heterocycles. The second-order valence-electron chi connectivity index (χ2n) is 7.32. The number of piperidine rings is 1. The number of nitrogens with zero attached hydrogens (tertiary/aromatic N) is 2. The van der Waals surface area contributed by atoms with Gasteiger partial charge in [-0.1, -0.05) is 6.42 Å². The summed E-state index contributed by atoms with van der Waals surface area (Å²) in [4.78, 5) is 28.7. The number of hydrogen-bond donors (Lipinski definition) is 0. The monoisotopic (exact) mass is 326 g/mol. The van der Waals surface area contributed by atoms with Gasteiger partial charge >= 0.3 is 5.97 Å². The Morgan fingerprint density at radius 3 is 2.48 bits per heavy atom. The molecule has 0 aliphatic carbocycles. The van der Waals surface area contributed by atoms with Crippen molar-refractivity contribution in [2.75, 3.05) is 39.4 Å². The van der Waals surface area contributed by atoms with Crippen molar-refractivity contribution in [1.29, 1.82) is 0 Å². The largest absolute Gasteiger partial charge is 0.460 e. The van der Waals surface area contributed by atoms with Crippen molar-refractivity contribution >= 4 is 11.9 Å². The summed E-state index contributed by atoms with van der Waals surface area (Å²) in [7, 11) is 0. The molecule has 0 saturated carbocycles. The molecule has 0 radical (unpaired) electrons. The van der Waals surface area contributed by atoms with Gasteiger partial charge in [-0.05, 0) is 40.2 Å². The molecule has 23 heavy (non-hydrogen) atoms. The van der Waals surface area contributed by atoms with Gasteiger partial charge in [-0.25, -0.2) is 0 Å². The van der Waals surface area contributed by atoms with Crippen LogP contribution in [-0.4, -0.2) is 72.7 Å². The highest BCUT2D eigenvalue weighted by Gasteiger charge is 2.32. The van der Waals surface area contributed by atoms with Crippen LogP contribution in [0.1, 0.15) is 46.5 Å². The zero-order chi connectivity index (χ0) is 16.9. The summed E-state index contributed by atoms with van der Waals surface area (Å²) in [6.45, 7) is 9.68. The van der Waals surface area contributed by atoms with E-state index in [1.807, 2.05) is 25.7 Å². The van der Waals surface area contributed by atoms with Gasteiger partial charge in [0.05, 0.1) is 25.7 Å². The lowest BCUT2D eigenvalue weighted by molar-refractivity contribution is -0.156. The molecule has 1 atom stereocenters. The maximum Gasteiger partial charge on any atom is 0.307 e. The summed E-state index contributed by atoms with van der Waals surface area (Å²) in [6.07, 6.45) is 3.37. The van der Waals surface area contributed by atoms with Gasteiger partial charge in [-0.3, -0.25) is 14.5 Å². The van der Waals surface area contributed by atoms with E-state index in [9.17, 15) is 9.59 Å². The zero-order valence-corrected chi connectivity index (χ0v) is 14.7. The summed E-state index contributed by atoms with van der Waals surface area (Å²) in [5.41, 5.74) is -0.456. The molecule has 6 nitrogen and oxygen atoms in total. The highest BCUT2D eigenvalue weighted by atomic mass is 16.6. The van der Waals surface area contributed by atoms with E-state index in [0.717, 1.165) is 25.8 Å². The minimum Gasteiger partial charge on any atom is -0.460 e. The van der Waals surface area contributed by atoms with Crippen LogP contribution in [0.3, 0.4) is 0 Å². The Hall–Kier alpha value is -1.14. The number of morpholine rings is 1. The molecule has 0 N–H and O–H groups in total. The molecule has 2 aliphatic heterocycles. The van der Waals surface area contributed by atoms with Gasteiger partial charge in [-0.15, -0.1) is 0 Å². The predicted molar refractivity (Wildman–Crippen MR) is 87.1 cm³/mol. The molecular weight excluding hydrogens is 296 g/mol. The number of carbonyl (C=O) groups excluding carboxylic acids is 2. The fourth-order valence-electron chi connectivity index (χ4n) is 3.16. The summed E-state index contributed by atoms with van der Waals surface area (Å²) in [6, 6.07) is -0.0933. The van der Waals surface area contributed by atoms with Crippen LogP contribution in [0.4, 0.5) is 0 Å². The van der Waals surface area contributed by atoms with Gasteiger partial charge in [0.2, 0.25) is 5.91 Å². The summed E-state index contributed by atoms with van der Waals surface area (Å²) >= 11 is 0. The van der Waals surface area contributed by atoms with Crippen LogP contribution in [0.15, 0.2) is 0 Å². The van der Waals surface area contributed by atoms with E-state index in [1.54, 1.807) is 0 Å². The van der Waals surface area contributed by atoms with Crippen molar-refractivity contribution in [2.24, 2.45) is 0 Å². The fraction of sp³-hybridized carbons (Fsp3) is 0.882. The number of likely N-dealkylation sites (tertiary alicyclic amines) is 1. The van der Waals surface area contributed by atoms with Crippen LogP contribution in [0.25, 0.3) is 0 Å². The number of amides is 1. The second-order valence-corrected chi connectivity index (χ2v) is 7.32. The average molecular weight is 326 g/mol. The quantitative estimate of drug-likeness (QED) is 0.732. The lowest BCUT2D eigenvalue weighted by Gasteiger charge is -2.38. The third-order valence-corrected chi connectivity index (χ3v) is 4.24. The summed E-state index contributed by atoms with van der Waals surface area (Å²) in [5.74, 6) is -0.00201. The van der Waals surface area contributed by atoms with Gasteiger partial charge < -0.3 is 14.4 Å². The van der Waals surface area contributed by atoms with E-state index < -0.39 is 5.60 Å². The van der Waals surface area contributed by atoms with Gasteiger partial charge in [0.15, 0.2) is 0 Å². The van der Waals surface area contributed by atoms with Crippen LogP contribution >= 0.6 is 0 Å². The molecule has 0 aromatic rings. The predicted octanol–water partition coefficient (Wildman–Crippen LogP) is 1.43. The molecule has 0 bridgehead atoms. The smallest absolute Gasteiger partial charge is 0.307 e. The number of rotatable bonds is 4. The van der Waals surface area contributed by atoms with Crippen LogP contribution in [0.2, 0.25) is 0 Å². The molecular formula is C17H30N2O4. The van der Waals surface area contributed by atoms with E-state index in [4.69, 9.17) is 9.47 Å². The molecule has 1 amide bonds. The third-order valence-electron chi connectivity index (χ3n) is 4.24. The first kappa shape index (κ1) is 18.2. The fourth-order valence-corrected chi connectivity index (χ4v) is 3.16. The van der Waals surface area contributed by atoms with E-state index in [1.165, 1.54) is 0 Å². The van der Waals surface area contributed by atoms with Crippen LogP contribution in [0.5, 0.6) is 0 Å². The number of esters is 1. The summed E-state index contributed by atoms with van der Waals surface area (Å²) < 4.78 is 10.7. The van der Waals surface area contributed by atoms with Crippen molar-refractivity contribution in [3.05, 3.63) is 0 Å². The van der Waals surface area contributed by atoms with Crippen molar-refractivity contribution in [3.8, 4) is 0 Å². The number of ether oxygens (including phenoxy) is 2. The van der Waals surface area contributed by atoms with E-state index in [-0.39, 0.29) is 17.9 Å². The van der Waals surface area contributed by atoms with E-state index >= 15 is 0 Å². The molecule has 132 valence electrons. The number of hydrogen-bond acceptors (Lipinski definition) is 5. The van der Waals surface area contributed by atoms with Gasteiger partial charge in [0, 0.05) is 19.6 Å². The number of carbonyl (C=O) groups is 2. The molecule has 0 spiro atoms. The first-order chi connectivity index (χ1) is 10.9. The molecule has 6 heteroatoms. The maximum absolute atomic E-state index is 12.7. The van der Waals surface area contributed by atoms with Crippen molar-refractivity contribution in [3.63, 3.8) is 0 Å². The Balaban J connectivity index is 1.87. The molecule has 0 unspecified atom stereocenters. The molecule has 2 rings (SSSR count). The van der Waals surface area contributed by atoms with Crippen molar-refractivity contribution < 1.29 is 19.1 Å². The topological polar surface area (TPSA) is 59.1 Å². The lowest BCUT2D eigenvalue weighted by atomic mass is 10.0. The maximum atomic E-state index is 12.7. The Labute approximate surface area is 139 Å². The van der Waals surface area contributed by atoms with Gasteiger partial charge in [-0.2, -0.15) is 0 Å². The lowest BCUT2D eigenvalue weighted by Crippen LogP contribution is -2.53. The molecule has 2 fully saturated rings. The first-order valence-corrected chi connectivity index (χ1v) is 8.69. The van der Waals surface area contributed by atoms with Gasteiger partial charge in [0.25, 0.3) is 0 Å². The average Bonchev–Trinajstić information content (AvgIpc) is 2.52. The van der Waals surface area contributed by atoms with E-state index in [2.05, 4.69) is 4.90 Å². The highest BCUT2D eigenvalue weighted by Crippen LogP contribution is 2.20. The first-order valence-electron chi connectivity index (χ1n) is 8.69. The van der Waals surface area contributed by atoms with Crippen LogP contribution in [0, 0.1) is 0 Å². The summed E-state index contributed by atoms with van der Waals surface area (Å²) in [5, 5.41) is 0. The Kier molecular flexibility index (Phi) is 6.41. The standard InChI is InChI=1S/C17H30N2O4/c1-17(2,3)23-15(20)7-9-18-8-5-4-6-14(18)16(21)19-10-12-22-13-11-19/h14H,4-13H2,1-3H3/t14-/m0/s1. The van der Waals surface area contributed by atoms with Crippen LogP contribution < -0.4 is 0 Å². The SMILES string of the molecule is CC(C)(C)OC(=O)CCN1CCCC[C@H]1C(=O)N1CCOCC1. The van der Waals surface area contributed by atoms with Crippen molar-refractivity contribution in [2.45, 2.75) is 58.1 Å². The molecule has 2 aliphatic rings. The second kappa shape index (κ2) is 8.11. The molecule has 0 aromatic carbocycles. The molecule has 2 heterocycles. The minimum absolute atomic E-state index is 0.0933. The Morgan fingerprint density at radius 1 is 1.13 bits per heavy atom. The Bertz CT molecular complexity index is 413. The third kappa shape index (κ3) is 5.77. The van der Waals surface area contributed by atoms with E-state index in [0.29, 0.717) is 39.3 Å². The normalized spacial score (nSPS) is 23.6.